The van der Waals surface area contributed by atoms with Crippen molar-refractivity contribution in [1.82, 2.24) is 15.5 Å². The summed E-state index contributed by atoms with van der Waals surface area (Å²) in [5.74, 6) is -0.281. The molecule has 2 amide bonds. The van der Waals surface area contributed by atoms with E-state index in [2.05, 4.69) is 39.8 Å². The molecule has 0 radical (unpaired) electrons. The Hall–Kier alpha value is -1.88. The van der Waals surface area contributed by atoms with Gasteiger partial charge in [0.2, 0.25) is 11.8 Å². The molecule has 0 bridgehead atoms. The van der Waals surface area contributed by atoms with Crippen LogP contribution in [0.3, 0.4) is 0 Å². The van der Waals surface area contributed by atoms with Crippen LogP contribution in [0.25, 0.3) is 0 Å². The Morgan fingerprint density at radius 2 is 1.86 bits per heavy atom. The number of piperidine rings is 1. The van der Waals surface area contributed by atoms with Crippen molar-refractivity contribution in [3.8, 4) is 0 Å². The van der Waals surface area contributed by atoms with Crippen LogP contribution in [0.1, 0.15) is 32.3 Å². The number of carbonyl (C=O) groups is 2. The Balaban J connectivity index is 1.73. The summed E-state index contributed by atoms with van der Waals surface area (Å²) >= 11 is 0. The topological polar surface area (TPSA) is 61.4 Å². The third-order valence-electron chi connectivity index (χ3n) is 4.00. The highest BCUT2D eigenvalue weighted by Gasteiger charge is 2.23. The second kappa shape index (κ2) is 7.94. The number of carbonyl (C=O) groups excluding carboxylic acids is 2. The average molecular weight is 303 g/mol. The van der Waals surface area contributed by atoms with Crippen molar-refractivity contribution in [2.45, 2.75) is 45.3 Å². The van der Waals surface area contributed by atoms with E-state index in [9.17, 15) is 9.59 Å². The monoisotopic (exact) mass is 303 g/mol. The SMILES string of the molecule is CC(=O)NC(C)C(=O)NC1CCN(Cc2ccccc2)CC1. The summed E-state index contributed by atoms with van der Waals surface area (Å²) in [6.45, 7) is 6.06. The van der Waals surface area contributed by atoms with Crippen molar-refractivity contribution < 1.29 is 9.59 Å². The van der Waals surface area contributed by atoms with Crippen molar-refractivity contribution in [3.05, 3.63) is 35.9 Å². The molecule has 1 fully saturated rings. The van der Waals surface area contributed by atoms with Gasteiger partial charge in [0, 0.05) is 32.6 Å². The second-order valence-corrected chi connectivity index (χ2v) is 5.97. The molecule has 22 heavy (non-hydrogen) atoms. The van der Waals surface area contributed by atoms with Gasteiger partial charge in [-0.05, 0) is 25.3 Å². The zero-order valence-electron chi connectivity index (χ0n) is 13.3. The van der Waals surface area contributed by atoms with E-state index >= 15 is 0 Å². The van der Waals surface area contributed by atoms with Gasteiger partial charge in [-0.25, -0.2) is 0 Å². The molecular weight excluding hydrogens is 278 g/mol. The van der Waals surface area contributed by atoms with Crippen LogP contribution in [0.2, 0.25) is 0 Å². The third-order valence-corrected chi connectivity index (χ3v) is 4.00. The number of rotatable bonds is 5. The lowest BCUT2D eigenvalue weighted by Crippen LogP contribution is -2.50. The normalized spacial score (nSPS) is 17.7. The minimum absolute atomic E-state index is 0.100. The summed E-state index contributed by atoms with van der Waals surface area (Å²) in [5.41, 5.74) is 1.32. The molecule has 1 heterocycles. The van der Waals surface area contributed by atoms with E-state index in [1.807, 2.05) is 6.07 Å². The summed E-state index contributed by atoms with van der Waals surface area (Å²) in [7, 11) is 0. The Morgan fingerprint density at radius 3 is 2.45 bits per heavy atom. The first-order chi connectivity index (χ1) is 10.5. The van der Waals surface area contributed by atoms with Gasteiger partial charge in [-0.1, -0.05) is 30.3 Å². The predicted molar refractivity (Wildman–Crippen MR) is 86.2 cm³/mol. The number of amides is 2. The first kappa shape index (κ1) is 16.5. The van der Waals surface area contributed by atoms with Crippen molar-refractivity contribution in [3.63, 3.8) is 0 Å². The highest BCUT2D eigenvalue weighted by atomic mass is 16.2. The van der Waals surface area contributed by atoms with Gasteiger partial charge in [0.25, 0.3) is 0 Å². The smallest absolute Gasteiger partial charge is 0.242 e. The van der Waals surface area contributed by atoms with Crippen molar-refractivity contribution in [2.75, 3.05) is 13.1 Å². The first-order valence-corrected chi connectivity index (χ1v) is 7.88. The molecule has 1 aliphatic heterocycles. The fourth-order valence-corrected chi connectivity index (χ4v) is 2.77. The molecule has 2 N–H and O–H groups in total. The maximum Gasteiger partial charge on any atom is 0.242 e. The fourth-order valence-electron chi connectivity index (χ4n) is 2.77. The molecule has 0 aliphatic carbocycles. The van der Waals surface area contributed by atoms with Crippen LogP contribution < -0.4 is 10.6 Å². The van der Waals surface area contributed by atoms with Crippen molar-refractivity contribution in [2.24, 2.45) is 0 Å². The predicted octanol–water partition coefficient (Wildman–Crippen LogP) is 1.29. The number of likely N-dealkylation sites (tertiary alicyclic amines) is 1. The Morgan fingerprint density at radius 1 is 1.23 bits per heavy atom. The van der Waals surface area contributed by atoms with Crippen LogP contribution in [0, 0.1) is 0 Å². The number of nitrogens with one attached hydrogen (secondary N) is 2. The molecule has 1 aliphatic rings. The van der Waals surface area contributed by atoms with Crippen LogP contribution >= 0.6 is 0 Å². The first-order valence-electron chi connectivity index (χ1n) is 7.88. The molecule has 1 aromatic carbocycles. The van der Waals surface area contributed by atoms with Gasteiger partial charge in [-0.3, -0.25) is 14.5 Å². The highest BCUT2D eigenvalue weighted by Crippen LogP contribution is 2.13. The van der Waals surface area contributed by atoms with Gasteiger partial charge in [0.1, 0.15) is 6.04 Å². The molecule has 0 saturated carbocycles. The summed E-state index contributed by atoms with van der Waals surface area (Å²) in [5, 5.41) is 5.64. The number of benzene rings is 1. The minimum Gasteiger partial charge on any atom is -0.351 e. The second-order valence-electron chi connectivity index (χ2n) is 5.97. The molecule has 5 nitrogen and oxygen atoms in total. The number of nitrogens with zero attached hydrogens (tertiary/aromatic N) is 1. The quantitative estimate of drug-likeness (QED) is 0.862. The number of hydrogen-bond donors (Lipinski definition) is 2. The molecule has 1 saturated heterocycles. The van der Waals surface area contributed by atoms with Crippen LogP contribution in [-0.2, 0) is 16.1 Å². The zero-order valence-corrected chi connectivity index (χ0v) is 13.3. The van der Waals surface area contributed by atoms with Gasteiger partial charge in [-0.15, -0.1) is 0 Å². The zero-order chi connectivity index (χ0) is 15.9. The van der Waals surface area contributed by atoms with E-state index in [-0.39, 0.29) is 17.9 Å². The van der Waals surface area contributed by atoms with E-state index in [1.54, 1.807) is 6.92 Å². The maximum atomic E-state index is 12.0. The fraction of sp³-hybridized carbons (Fsp3) is 0.529. The van der Waals surface area contributed by atoms with Crippen LogP contribution in [-0.4, -0.2) is 41.9 Å². The summed E-state index contributed by atoms with van der Waals surface area (Å²) < 4.78 is 0. The molecule has 5 heteroatoms. The molecule has 1 unspecified atom stereocenters. The summed E-state index contributed by atoms with van der Waals surface area (Å²) in [6.07, 6.45) is 1.90. The van der Waals surface area contributed by atoms with Crippen molar-refractivity contribution >= 4 is 11.8 Å². The third kappa shape index (κ3) is 5.15. The molecule has 1 atom stereocenters. The van der Waals surface area contributed by atoms with Gasteiger partial charge in [-0.2, -0.15) is 0 Å². The van der Waals surface area contributed by atoms with E-state index in [4.69, 9.17) is 0 Å². The van der Waals surface area contributed by atoms with Gasteiger partial charge >= 0.3 is 0 Å². The molecule has 0 aromatic heterocycles. The van der Waals surface area contributed by atoms with E-state index in [0.717, 1.165) is 32.5 Å². The maximum absolute atomic E-state index is 12.0. The van der Waals surface area contributed by atoms with Gasteiger partial charge in [0.05, 0.1) is 0 Å². The molecule has 1 aromatic rings. The van der Waals surface area contributed by atoms with Gasteiger partial charge < -0.3 is 10.6 Å². The highest BCUT2D eigenvalue weighted by molar-refractivity contribution is 5.86. The molecule has 120 valence electrons. The van der Waals surface area contributed by atoms with E-state index in [0.29, 0.717) is 0 Å². The van der Waals surface area contributed by atoms with Crippen LogP contribution in [0.5, 0.6) is 0 Å². The Labute approximate surface area is 132 Å². The van der Waals surface area contributed by atoms with Crippen LogP contribution in [0.4, 0.5) is 0 Å². The molecule has 0 spiro atoms. The molecule has 2 rings (SSSR count). The van der Waals surface area contributed by atoms with Gasteiger partial charge in [0.15, 0.2) is 0 Å². The van der Waals surface area contributed by atoms with Crippen molar-refractivity contribution in [1.29, 1.82) is 0 Å². The van der Waals surface area contributed by atoms with Crippen LogP contribution in [0.15, 0.2) is 30.3 Å². The lowest BCUT2D eigenvalue weighted by Gasteiger charge is -2.32. The Bertz CT molecular complexity index is 496. The van der Waals surface area contributed by atoms with E-state index in [1.165, 1.54) is 12.5 Å². The average Bonchev–Trinajstić information content (AvgIpc) is 2.49. The Kier molecular flexibility index (Phi) is 5.95. The number of hydrogen-bond acceptors (Lipinski definition) is 3. The minimum atomic E-state index is -0.472. The lowest BCUT2D eigenvalue weighted by atomic mass is 10.0. The molecular formula is C17H25N3O2. The summed E-state index contributed by atoms with van der Waals surface area (Å²) in [4.78, 5) is 25.4. The largest absolute Gasteiger partial charge is 0.351 e. The standard InChI is InChI=1S/C17H25N3O2/c1-13(18-14(2)21)17(22)19-16-8-10-20(11-9-16)12-15-6-4-3-5-7-15/h3-7,13,16H,8-12H2,1-2H3,(H,18,21)(H,19,22). The lowest BCUT2D eigenvalue weighted by molar-refractivity contribution is -0.128. The summed E-state index contributed by atoms with van der Waals surface area (Å²) in [6, 6.07) is 10.2. The van der Waals surface area contributed by atoms with E-state index < -0.39 is 6.04 Å².